The number of anilines is 1. The van der Waals surface area contributed by atoms with Crippen molar-refractivity contribution in [2.24, 2.45) is 0 Å². The van der Waals surface area contributed by atoms with Gasteiger partial charge in [0.05, 0.1) is 17.1 Å². The van der Waals surface area contributed by atoms with Crippen molar-refractivity contribution >= 4 is 44.3 Å². The van der Waals surface area contributed by atoms with Gasteiger partial charge < -0.3 is 15.0 Å². The highest BCUT2D eigenvalue weighted by Crippen LogP contribution is 2.38. The van der Waals surface area contributed by atoms with Gasteiger partial charge in [-0.25, -0.2) is 13.2 Å². The van der Waals surface area contributed by atoms with Crippen LogP contribution in [0.4, 0.5) is 9.80 Å². The molecule has 5 rings (SSSR count). The molecule has 2 saturated carbocycles. The number of benzene rings is 1. The first kappa shape index (κ1) is 31.6. The molecular weight excluding hydrogens is 588 g/mol. The number of likely N-dealkylation sites (N-methyl/N-ethyl adjacent to an activating group) is 1. The number of ether oxygens (including phenoxy) is 1. The molecule has 2 aliphatic carbocycles. The van der Waals surface area contributed by atoms with Crippen molar-refractivity contribution in [3.8, 4) is 0 Å². The largest absolute Gasteiger partial charge is 0.450 e. The molecule has 1 aromatic carbocycles. The topological polar surface area (TPSA) is 125 Å². The fraction of sp³-hybridized carbons (Fsp3) is 0.581. The van der Waals surface area contributed by atoms with Crippen LogP contribution in [0.25, 0.3) is 0 Å². The van der Waals surface area contributed by atoms with E-state index in [1.807, 2.05) is 11.4 Å². The number of rotatable bonds is 8. The molecule has 10 nitrogen and oxygen atoms in total. The van der Waals surface area contributed by atoms with Gasteiger partial charge in [-0.2, -0.15) is 4.31 Å². The molecule has 0 spiro atoms. The van der Waals surface area contributed by atoms with Crippen molar-refractivity contribution in [1.29, 1.82) is 0 Å². The van der Waals surface area contributed by atoms with Crippen molar-refractivity contribution in [3.05, 3.63) is 45.8 Å². The molecule has 0 radical (unpaired) electrons. The molecule has 1 aromatic heterocycles. The van der Waals surface area contributed by atoms with Gasteiger partial charge in [-0.3, -0.25) is 14.9 Å². The first-order valence-electron chi connectivity index (χ1n) is 15.4. The third-order valence-corrected chi connectivity index (χ3v) is 11.9. The summed E-state index contributed by atoms with van der Waals surface area (Å²) in [6.07, 6.45) is 9.81. The van der Waals surface area contributed by atoms with Gasteiger partial charge in [0.2, 0.25) is 10.0 Å². The highest BCUT2D eigenvalue weighted by atomic mass is 32.2. The summed E-state index contributed by atoms with van der Waals surface area (Å²) in [5.41, 5.74) is 1.36. The Hall–Kier alpha value is -2.80. The summed E-state index contributed by atoms with van der Waals surface area (Å²) in [7, 11) is -1.76. The number of sulfonamides is 1. The Morgan fingerprint density at radius 2 is 1.56 bits per heavy atom. The van der Waals surface area contributed by atoms with E-state index in [2.05, 4.69) is 15.5 Å². The van der Waals surface area contributed by atoms with Crippen LogP contribution in [0.1, 0.15) is 102 Å². The number of hydrogen-bond donors (Lipinski definition) is 2. The lowest BCUT2D eigenvalue weighted by Gasteiger charge is -2.40. The van der Waals surface area contributed by atoms with Gasteiger partial charge in [0.25, 0.3) is 11.8 Å². The number of nitrogens with one attached hydrogen (secondary N) is 2. The van der Waals surface area contributed by atoms with Gasteiger partial charge >= 0.3 is 6.09 Å². The zero-order valence-corrected chi connectivity index (χ0v) is 26.7. The number of fused-ring (bicyclic) bond motifs is 1. The molecule has 3 aliphatic rings. The van der Waals surface area contributed by atoms with Crippen LogP contribution in [-0.2, 0) is 27.7 Å². The van der Waals surface area contributed by atoms with Crippen LogP contribution < -0.4 is 10.6 Å². The summed E-state index contributed by atoms with van der Waals surface area (Å²) >= 11 is 1.31. The average molecular weight is 631 g/mol. The van der Waals surface area contributed by atoms with E-state index in [1.165, 1.54) is 35.6 Å². The second-order valence-electron chi connectivity index (χ2n) is 11.8. The van der Waals surface area contributed by atoms with Crippen LogP contribution in [-0.4, -0.2) is 67.8 Å². The second-order valence-corrected chi connectivity index (χ2v) is 14.7. The molecule has 43 heavy (non-hydrogen) atoms. The van der Waals surface area contributed by atoms with Crippen LogP contribution in [0.2, 0.25) is 0 Å². The SMILES string of the molecule is CCOC(=O)NC(=O)c1c(NC(=O)c2ccc(S(=O)(=O)N(C3CCCCC3)C3CCCCC3)cc2)sc2c1CCN(C)C2. The van der Waals surface area contributed by atoms with Crippen LogP contribution in [0, 0.1) is 0 Å². The standard InChI is InChI=1S/C31H42N4O6S2/c1-3-41-31(38)33-29(37)27-25-18-19-34(2)20-26(25)42-30(27)32-28(36)21-14-16-24(17-15-21)43(39,40)35(22-10-6-4-7-11-22)23-12-8-5-9-13-23/h14-17,22-23H,3-13,18-20H2,1-2H3,(H,32,36)(H,33,37,38). The van der Waals surface area contributed by atoms with E-state index < -0.39 is 27.9 Å². The third kappa shape index (κ3) is 7.13. The maximum atomic E-state index is 14.0. The van der Waals surface area contributed by atoms with Crippen molar-refractivity contribution in [3.63, 3.8) is 0 Å². The Morgan fingerprint density at radius 3 is 2.14 bits per heavy atom. The van der Waals surface area contributed by atoms with Crippen molar-refractivity contribution in [2.75, 3.05) is 25.5 Å². The fourth-order valence-corrected chi connectivity index (χ4v) is 9.87. The van der Waals surface area contributed by atoms with Crippen LogP contribution >= 0.6 is 11.3 Å². The minimum atomic E-state index is -3.74. The fourth-order valence-electron chi connectivity index (χ4n) is 6.62. The number of hydrogen-bond acceptors (Lipinski definition) is 8. The van der Waals surface area contributed by atoms with Crippen molar-refractivity contribution < 1.29 is 27.5 Å². The highest BCUT2D eigenvalue weighted by Gasteiger charge is 2.38. The molecule has 2 heterocycles. The van der Waals surface area contributed by atoms with E-state index in [9.17, 15) is 22.8 Å². The van der Waals surface area contributed by atoms with Crippen LogP contribution in [0.15, 0.2) is 29.2 Å². The predicted molar refractivity (Wildman–Crippen MR) is 166 cm³/mol. The van der Waals surface area contributed by atoms with Gasteiger partial charge in [-0.15, -0.1) is 11.3 Å². The van der Waals surface area contributed by atoms with Crippen LogP contribution in [0.5, 0.6) is 0 Å². The van der Waals surface area contributed by atoms with E-state index in [-0.39, 0.29) is 34.7 Å². The Kier molecular flexibility index (Phi) is 10.2. The maximum Gasteiger partial charge on any atom is 0.414 e. The van der Waals surface area contributed by atoms with Crippen molar-refractivity contribution in [1.82, 2.24) is 14.5 Å². The molecule has 0 atom stereocenters. The number of alkyl carbamates (subject to hydrolysis) is 1. The second kappa shape index (κ2) is 13.9. The first-order chi connectivity index (χ1) is 20.7. The predicted octanol–water partition coefficient (Wildman–Crippen LogP) is 5.53. The smallest absolute Gasteiger partial charge is 0.414 e. The average Bonchev–Trinajstić information content (AvgIpc) is 3.35. The molecule has 234 valence electrons. The third-order valence-electron chi connectivity index (χ3n) is 8.75. The molecule has 1 aliphatic heterocycles. The quantitative estimate of drug-likeness (QED) is 0.393. The van der Waals surface area contributed by atoms with E-state index >= 15 is 0 Å². The maximum absolute atomic E-state index is 14.0. The van der Waals surface area contributed by atoms with E-state index in [0.717, 1.165) is 81.2 Å². The van der Waals surface area contributed by atoms with Gasteiger partial charge in [0.1, 0.15) is 5.00 Å². The van der Waals surface area contributed by atoms with Gasteiger partial charge in [0, 0.05) is 35.6 Å². The summed E-state index contributed by atoms with van der Waals surface area (Å²) in [6.45, 7) is 3.14. The Balaban J connectivity index is 1.37. The first-order valence-corrected chi connectivity index (χ1v) is 17.7. The number of carbonyl (C=O) groups is 3. The lowest BCUT2D eigenvalue weighted by atomic mass is 9.91. The summed E-state index contributed by atoms with van der Waals surface area (Å²) in [4.78, 5) is 41.8. The zero-order chi connectivity index (χ0) is 30.6. The number of carbonyl (C=O) groups excluding carboxylic acids is 3. The molecule has 2 N–H and O–H groups in total. The molecule has 2 fully saturated rings. The lowest BCUT2D eigenvalue weighted by Crippen LogP contribution is -2.48. The van der Waals surface area contributed by atoms with Gasteiger partial charge in [-0.05, 0) is 75.9 Å². The Labute approximate surface area is 258 Å². The molecule has 0 saturated heterocycles. The Morgan fingerprint density at radius 1 is 0.953 bits per heavy atom. The monoisotopic (exact) mass is 630 g/mol. The normalized spacial score (nSPS) is 18.7. The minimum Gasteiger partial charge on any atom is -0.450 e. The summed E-state index contributed by atoms with van der Waals surface area (Å²) in [5.74, 6) is -1.08. The lowest BCUT2D eigenvalue weighted by molar-refractivity contribution is 0.0924. The molecule has 0 unspecified atom stereocenters. The summed E-state index contributed by atoms with van der Waals surface area (Å²) in [6, 6.07) is 6.14. The molecule has 12 heteroatoms. The van der Waals surface area contributed by atoms with Gasteiger partial charge in [0.15, 0.2) is 0 Å². The number of nitrogens with zero attached hydrogens (tertiary/aromatic N) is 2. The summed E-state index contributed by atoms with van der Waals surface area (Å²) in [5, 5.41) is 5.47. The van der Waals surface area contributed by atoms with Crippen molar-refractivity contribution in [2.45, 2.75) is 101 Å². The van der Waals surface area contributed by atoms with Crippen LogP contribution in [0.3, 0.4) is 0 Å². The van der Waals surface area contributed by atoms with E-state index in [1.54, 1.807) is 6.92 Å². The minimum absolute atomic E-state index is 0.0212. The summed E-state index contributed by atoms with van der Waals surface area (Å²) < 4.78 is 34.8. The van der Waals surface area contributed by atoms with E-state index in [4.69, 9.17) is 4.74 Å². The molecule has 0 bridgehead atoms. The van der Waals surface area contributed by atoms with Gasteiger partial charge in [-0.1, -0.05) is 38.5 Å². The number of imide groups is 1. The molecular formula is C31H42N4O6S2. The molecule has 2 aromatic rings. The Bertz CT molecular complexity index is 1410. The molecule has 3 amide bonds. The number of thiophene rings is 1. The zero-order valence-electron chi connectivity index (χ0n) is 25.0. The number of amides is 3. The highest BCUT2D eigenvalue weighted by molar-refractivity contribution is 7.89. The van der Waals surface area contributed by atoms with E-state index in [0.29, 0.717) is 18.0 Å².